The number of carbonyl (C=O) groups is 1. The maximum atomic E-state index is 12.3. The number of benzene rings is 1. The van der Waals surface area contributed by atoms with Gasteiger partial charge in [0.2, 0.25) is 5.91 Å². The molecule has 0 N–H and O–H groups in total. The van der Waals surface area contributed by atoms with E-state index in [1.807, 2.05) is 43.1 Å². The molecule has 0 spiro atoms. The van der Waals surface area contributed by atoms with E-state index in [0.29, 0.717) is 19.7 Å². The van der Waals surface area contributed by atoms with E-state index < -0.39 is 9.84 Å². The fourth-order valence-electron chi connectivity index (χ4n) is 2.68. The summed E-state index contributed by atoms with van der Waals surface area (Å²) in [7, 11) is 0.561. The van der Waals surface area contributed by atoms with Crippen molar-refractivity contribution >= 4 is 15.7 Å². The number of amides is 1. The summed E-state index contributed by atoms with van der Waals surface area (Å²) < 4.78 is 29.2. The van der Waals surface area contributed by atoms with Gasteiger partial charge in [0.1, 0.15) is 12.4 Å². The lowest BCUT2D eigenvalue weighted by atomic mass is 10.2. The van der Waals surface area contributed by atoms with Crippen molar-refractivity contribution in [2.75, 3.05) is 45.3 Å². The number of sulfone groups is 1. The van der Waals surface area contributed by atoms with Crippen LogP contribution in [0.3, 0.4) is 0 Å². The largest absolute Gasteiger partial charge is 0.491 e. The van der Waals surface area contributed by atoms with Crippen molar-refractivity contribution in [3.8, 4) is 5.75 Å². The Morgan fingerprint density at radius 1 is 1.38 bits per heavy atom. The highest BCUT2D eigenvalue weighted by Crippen LogP contribution is 2.16. The fourth-order valence-corrected chi connectivity index (χ4v) is 4.37. The number of carbonyl (C=O) groups excluding carboxylic acids is 1. The highest BCUT2D eigenvalue weighted by Gasteiger charge is 2.31. The van der Waals surface area contributed by atoms with E-state index in [9.17, 15) is 13.2 Å². The Kier molecular flexibility index (Phi) is 6.23. The second kappa shape index (κ2) is 7.98. The van der Waals surface area contributed by atoms with Crippen LogP contribution in [0.2, 0.25) is 0 Å². The lowest BCUT2D eigenvalue weighted by Crippen LogP contribution is -2.48. The minimum absolute atomic E-state index is 0.0580. The van der Waals surface area contributed by atoms with Crippen LogP contribution in [0, 0.1) is 6.92 Å². The monoisotopic (exact) mass is 354 g/mol. The quantitative estimate of drug-likeness (QED) is 0.761. The van der Waals surface area contributed by atoms with Gasteiger partial charge in [-0.05, 0) is 25.6 Å². The Morgan fingerprint density at radius 2 is 2.08 bits per heavy atom. The van der Waals surface area contributed by atoms with Crippen LogP contribution < -0.4 is 4.74 Å². The number of aryl methyl sites for hydroxylation is 1. The van der Waals surface area contributed by atoms with E-state index in [4.69, 9.17) is 4.74 Å². The van der Waals surface area contributed by atoms with E-state index in [2.05, 4.69) is 0 Å². The van der Waals surface area contributed by atoms with Gasteiger partial charge in [0.25, 0.3) is 0 Å². The second-order valence-electron chi connectivity index (χ2n) is 6.38. The van der Waals surface area contributed by atoms with E-state index in [1.54, 1.807) is 11.9 Å². The van der Waals surface area contributed by atoms with E-state index in [-0.39, 0.29) is 29.9 Å². The van der Waals surface area contributed by atoms with Crippen LogP contribution in [0.4, 0.5) is 0 Å². The van der Waals surface area contributed by atoms with Crippen molar-refractivity contribution in [3.63, 3.8) is 0 Å². The zero-order valence-corrected chi connectivity index (χ0v) is 15.4. The van der Waals surface area contributed by atoms with Crippen LogP contribution in [0.25, 0.3) is 0 Å². The van der Waals surface area contributed by atoms with Crippen LogP contribution in [-0.4, -0.2) is 75.5 Å². The van der Waals surface area contributed by atoms with Gasteiger partial charge in [0.05, 0.1) is 18.1 Å². The first-order chi connectivity index (χ1) is 11.3. The van der Waals surface area contributed by atoms with Crippen LogP contribution in [0.5, 0.6) is 5.75 Å². The molecular weight excluding hydrogens is 328 g/mol. The Morgan fingerprint density at radius 3 is 2.79 bits per heavy atom. The molecule has 0 aliphatic carbocycles. The topological polar surface area (TPSA) is 66.9 Å². The molecule has 1 unspecified atom stereocenters. The number of rotatable bonds is 6. The molecule has 134 valence electrons. The first-order valence-corrected chi connectivity index (χ1v) is 9.94. The lowest BCUT2D eigenvalue weighted by molar-refractivity contribution is -0.131. The van der Waals surface area contributed by atoms with Gasteiger partial charge >= 0.3 is 0 Å². The van der Waals surface area contributed by atoms with Crippen LogP contribution in [0.15, 0.2) is 24.3 Å². The van der Waals surface area contributed by atoms with Gasteiger partial charge in [0.15, 0.2) is 9.84 Å². The summed E-state index contributed by atoms with van der Waals surface area (Å²) in [6, 6.07) is 7.50. The minimum Gasteiger partial charge on any atom is -0.491 e. The molecule has 1 fully saturated rings. The molecule has 24 heavy (non-hydrogen) atoms. The molecule has 0 radical (unpaired) electrons. The maximum Gasteiger partial charge on any atom is 0.224 e. The summed E-state index contributed by atoms with van der Waals surface area (Å²) >= 11 is 0. The summed E-state index contributed by atoms with van der Waals surface area (Å²) in [5.74, 6) is 0.991. The summed E-state index contributed by atoms with van der Waals surface area (Å²) in [4.78, 5) is 15.9. The SMILES string of the molecule is Cc1ccccc1OCCN(C)C(=O)CC1CS(=O)(=O)CCN1C. The van der Waals surface area contributed by atoms with Gasteiger partial charge in [-0.2, -0.15) is 0 Å². The molecule has 6 nitrogen and oxygen atoms in total. The predicted octanol–water partition coefficient (Wildman–Crippen LogP) is 0.951. The van der Waals surface area contributed by atoms with Gasteiger partial charge in [-0.15, -0.1) is 0 Å². The normalized spacial score (nSPS) is 20.5. The average Bonchev–Trinajstić information content (AvgIpc) is 2.52. The number of ether oxygens (including phenoxy) is 1. The van der Waals surface area contributed by atoms with Crippen molar-refractivity contribution in [1.29, 1.82) is 0 Å². The molecule has 1 amide bonds. The number of nitrogens with zero attached hydrogens (tertiary/aromatic N) is 2. The van der Waals surface area contributed by atoms with Gasteiger partial charge in [-0.3, -0.25) is 4.79 Å². The zero-order chi connectivity index (χ0) is 17.7. The molecule has 1 saturated heterocycles. The number of hydrogen-bond acceptors (Lipinski definition) is 5. The summed E-state index contributed by atoms with van der Waals surface area (Å²) in [6.07, 6.45) is 0.219. The Balaban J connectivity index is 1.80. The molecule has 1 atom stereocenters. The number of para-hydroxylation sites is 1. The zero-order valence-electron chi connectivity index (χ0n) is 14.6. The van der Waals surface area contributed by atoms with Crippen molar-refractivity contribution in [2.45, 2.75) is 19.4 Å². The van der Waals surface area contributed by atoms with E-state index in [0.717, 1.165) is 11.3 Å². The molecule has 7 heteroatoms. The number of likely N-dealkylation sites (N-methyl/N-ethyl adjacent to an activating group) is 1. The van der Waals surface area contributed by atoms with Crippen LogP contribution in [0.1, 0.15) is 12.0 Å². The molecule has 2 rings (SSSR count). The Bertz CT molecular complexity index is 675. The first-order valence-electron chi connectivity index (χ1n) is 8.11. The van der Waals surface area contributed by atoms with Crippen LogP contribution in [-0.2, 0) is 14.6 Å². The fraction of sp³-hybridized carbons (Fsp3) is 0.588. The van der Waals surface area contributed by atoms with Gasteiger partial charge in [0, 0.05) is 26.1 Å². The highest BCUT2D eigenvalue weighted by molar-refractivity contribution is 7.91. The Hall–Kier alpha value is -1.60. The standard InChI is InChI=1S/C17H26N2O4S/c1-14-6-4-5-7-16(14)23-10-8-19(3)17(20)12-15-13-24(21,22)11-9-18(15)2/h4-7,15H,8-13H2,1-3H3. The third-order valence-corrected chi connectivity index (χ3v) is 6.14. The summed E-state index contributed by atoms with van der Waals surface area (Å²) in [5, 5.41) is 0. The average molecular weight is 354 g/mol. The second-order valence-corrected chi connectivity index (χ2v) is 8.61. The van der Waals surface area contributed by atoms with Gasteiger partial charge in [-0.1, -0.05) is 18.2 Å². The van der Waals surface area contributed by atoms with Gasteiger partial charge < -0.3 is 14.5 Å². The minimum atomic E-state index is -3.03. The third kappa shape index (κ3) is 5.21. The van der Waals surface area contributed by atoms with Crippen molar-refractivity contribution < 1.29 is 17.9 Å². The molecule has 1 aliphatic heterocycles. The Labute approximate surface area is 144 Å². The molecule has 1 heterocycles. The van der Waals surface area contributed by atoms with E-state index >= 15 is 0 Å². The molecule has 1 aromatic carbocycles. The van der Waals surface area contributed by atoms with Crippen molar-refractivity contribution in [1.82, 2.24) is 9.80 Å². The summed E-state index contributed by atoms with van der Waals surface area (Å²) in [6.45, 7) is 3.34. The lowest BCUT2D eigenvalue weighted by Gasteiger charge is -2.32. The number of hydrogen-bond donors (Lipinski definition) is 0. The van der Waals surface area contributed by atoms with Gasteiger partial charge in [-0.25, -0.2) is 8.42 Å². The summed E-state index contributed by atoms with van der Waals surface area (Å²) in [5.41, 5.74) is 1.06. The molecule has 1 aliphatic rings. The predicted molar refractivity (Wildman–Crippen MR) is 94.0 cm³/mol. The molecule has 0 aromatic heterocycles. The highest BCUT2D eigenvalue weighted by atomic mass is 32.2. The molecule has 1 aromatic rings. The first kappa shape index (κ1) is 18.7. The van der Waals surface area contributed by atoms with Crippen molar-refractivity contribution in [2.24, 2.45) is 0 Å². The molecule has 0 bridgehead atoms. The van der Waals surface area contributed by atoms with Crippen LogP contribution >= 0.6 is 0 Å². The molecular formula is C17H26N2O4S. The molecule has 0 saturated carbocycles. The third-order valence-electron chi connectivity index (χ3n) is 4.44. The van der Waals surface area contributed by atoms with E-state index in [1.165, 1.54) is 0 Å². The maximum absolute atomic E-state index is 12.3. The smallest absolute Gasteiger partial charge is 0.224 e. The van der Waals surface area contributed by atoms with Crippen molar-refractivity contribution in [3.05, 3.63) is 29.8 Å².